The van der Waals surface area contributed by atoms with Crippen LogP contribution in [-0.4, -0.2) is 25.0 Å². The molecular formula is C3H9O2P. The Balaban J connectivity index is 2.63. The first kappa shape index (κ1) is 6.35. The van der Waals surface area contributed by atoms with E-state index in [1.165, 1.54) is 0 Å². The van der Waals surface area contributed by atoms with Crippen molar-refractivity contribution >= 4 is 8.15 Å². The van der Waals surface area contributed by atoms with Crippen LogP contribution in [0.25, 0.3) is 0 Å². The zero-order chi connectivity index (χ0) is 4.99. The molecule has 0 bridgehead atoms. The van der Waals surface area contributed by atoms with Crippen molar-refractivity contribution in [1.29, 1.82) is 0 Å². The Labute approximate surface area is 39.0 Å². The van der Waals surface area contributed by atoms with Crippen molar-refractivity contribution in [1.82, 2.24) is 0 Å². The van der Waals surface area contributed by atoms with Gasteiger partial charge in [-0.2, -0.15) is 0 Å². The molecule has 1 N–H and O–H groups in total. The summed E-state index contributed by atoms with van der Waals surface area (Å²) in [7, 11) is 0.756. The first-order valence-corrected chi connectivity index (χ1v) is 3.59. The van der Waals surface area contributed by atoms with Crippen molar-refractivity contribution in [2.24, 2.45) is 0 Å². The van der Waals surface area contributed by atoms with Crippen LogP contribution in [0.15, 0.2) is 0 Å². The molecule has 0 aliphatic rings. The monoisotopic (exact) mass is 108 g/mol. The quantitative estimate of drug-likeness (QED) is 0.525. The fourth-order valence-electron chi connectivity index (χ4n) is 0.187. The van der Waals surface area contributed by atoms with Crippen LogP contribution in [0.2, 0.25) is 0 Å². The SMILES string of the molecule is COCP(C)O. The average molecular weight is 108 g/mol. The fraction of sp³-hybridized carbons (Fsp3) is 1.00. The second-order valence-electron chi connectivity index (χ2n) is 1.08. The molecule has 0 aromatic heterocycles. The predicted molar refractivity (Wildman–Crippen MR) is 26.9 cm³/mol. The summed E-state index contributed by atoms with van der Waals surface area (Å²) in [4.78, 5) is 8.49. The maximum absolute atomic E-state index is 8.49. The zero-order valence-electron chi connectivity index (χ0n) is 4.01. The Kier molecular flexibility index (Phi) is 3.74. The normalized spacial score (nSPS) is 14.5. The third-order valence-corrected chi connectivity index (χ3v) is 0.948. The molecule has 0 radical (unpaired) electrons. The lowest BCUT2D eigenvalue weighted by atomic mass is 11.5. The molecule has 0 saturated heterocycles. The lowest BCUT2D eigenvalue weighted by Gasteiger charge is -1.97. The summed E-state index contributed by atoms with van der Waals surface area (Å²) in [6, 6.07) is 0. The van der Waals surface area contributed by atoms with E-state index in [-0.39, 0.29) is 0 Å². The molecule has 0 amide bonds. The Morgan fingerprint density at radius 1 is 1.83 bits per heavy atom. The van der Waals surface area contributed by atoms with Crippen LogP contribution in [0.3, 0.4) is 0 Å². The van der Waals surface area contributed by atoms with Crippen LogP contribution >= 0.6 is 8.15 Å². The molecule has 0 aromatic carbocycles. The highest BCUT2D eigenvalue weighted by molar-refractivity contribution is 7.50. The highest BCUT2D eigenvalue weighted by Gasteiger charge is 1.87. The highest BCUT2D eigenvalue weighted by atomic mass is 31.1. The average Bonchev–Trinajstić information content (AvgIpc) is 1.35. The second-order valence-corrected chi connectivity index (χ2v) is 2.65. The van der Waals surface area contributed by atoms with E-state index in [4.69, 9.17) is 4.89 Å². The molecule has 0 rings (SSSR count). The molecule has 0 heterocycles. The number of rotatable bonds is 2. The van der Waals surface area contributed by atoms with E-state index in [0.717, 1.165) is 0 Å². The van der Waals surface area contributed by atoms with E-state index in [1.54, 1.807) is 13.8 Å². The largest absolute Gasteiger partial charge is 0.378 e. The van der Waals surface area contributed by atoms with Gasteiger partial charge in [0.2, 0.25) is 0 Å². The van der Waals surface area contributed by atoms with Gasteiger partial charge in [-0.3, -0.25) is 0 Å². The van der Waals surface area contributed by atoms with E-state index < -0.39 is 8.15 Å². The van der Waals surface area contributed by atoms with Crippen molar-refractivity contribution in [2.45, 2.75) is 0 Å². The molecule has 0 aromatic rings. The minimum atomic E-state index is -0.823. The molecule has 3 heteroatoms. The van der Waals surface area contributed by atoms with E-state index in [9.17, 15) is 0 Å². The lowest BCUT2D eigenvalue weighted by Crippen LogP contribution is -1.81. The molecule has 6 heavy (non-hydrogen) atoms. The molecule has 0 fully saturated rings. The van der Waals surface area contributed by atoms with E-state index in [0.29, 0.717) is 6.35 Å². The van der Waals surface area contributed by atoms with Crippen LogP contribution in [0.5, 0.6) is 0 Å². The van der Waals surface area contributed by atoms with Crippen LogP contribution in [0.1, 0.15) is 0 Å². The molecule has 0 spiro atoms. The van der Waals surface area contributed by atoms with Crippen molar-refractivity contribution in [3.63, 3.8) is 0 Å². The van der Waals surface area contributed by atoms with Crippen molar-refractivity contribution in [3.05, 3.63) is 0 Å². The van der Waals surface area contributed by atoms with Gasteiger partial charge in [0.05, 0.1) is 6.35 Å². The first-order chi connectivity index (χ1) is 2.77. The minimum Gasteiger partial charge on any atom is -0.378 e. The summed E-state index contributed by atoms with van der Waals surface area (Å²) in [6.45, 7) is 1.75. The van der Waals surface area contributed by atoms with Gasteiger partial charge in [0.1, 0.15) is 0 Å². The molecule has 1 unspecified atom stereocenters. The van der Waals surface area contributed by atoms with Crippen LogP contribution in [0, 0.1) is 0 Å². The number of hydrogen-bond acceptors (Lipinski definition) is 2. The second kappa shape index (κ2) is 3.54. The molecule has 2 nitrogen and oxygen atoms in total. The van der Waals surface area contributed by atoms with E-state index in [2.05, 4.69) is 4.74 Å². The molecule has 0 saturated carbocycles. The van der Waals surface area contributed by atoms with E-state index >= 15 is 0 Å². The molecular weight excluding hydrogens is 99.0 g/mol. The Morgan fingerprint density at radius 2 is 2.33 bits per heavy atom. The van der Waals surface area contributed by atoms with Gasteiger partial charge in [-0.1, -0.05) is 0 Å². The molecule has 0 aliphatic carbocycles. The number of hydrogen-bond donors (Lipinski definition) is 1. The Hall–Kier alpha value is 0.350. The summed E-state index contributed by atoms with van der Waals surface area (Å²) in [5.74, 6) is 0. The Bertz CT molecular complexity index is 30.0. The molecule has 0 aliphatic heterocycles. The van der Waals surface area contributed by atoms with Gasteiger partial charge < -0.3 is 9.63 Å². The topological polar surface area (TPSA) is 29.5 Å². The van der Waals surface area contributed by atoms with Gasteiger partial charge >= 0.3 is 0 Å². The van der Waals surface area contributed by atoms with Crippen LogP contribution in [0.4, 0.5) is 0 Å². The molecule has 1 atom stereocenters. The molecule has 38 valence electrons. The van der Waals surface area contributed by atoms with Gasteiger partial charge in [-0.15, -0.1) is 0 Å². The van der Waals surface area contributed by atoms with Gasteiger partial charge in [0.15, 0.2) is 0 Å². The van der Waals surface area contributed by atoms with Crippen LogP contribution < -0.4 is 0 Å². The van der Waals surface area contributed by atoms with E-state index in [1.807, 2.05) is 0 Å². The Morgan fingerprint density at radius 3 is 2.33 bits per heavy atom. The smallest absolute Gasteiger partial charge is 0.0898 e. The highest BCUT2D eigenvalue weighted by Crippen LogP contribution is 2.21. The summed E-state index contributed by atoms with van der Waals surface area (Å²) in [5, 5.41) is 0. The predicted octanol–water partition coefficient (Wildman–Crippen LogP) is 0.609. The third kappa shape index (κ3) is 4.35. The summed E-state index contributed by atoms with van der Waals surface area (Å²) >= 11 is 0. The first-order valence-electron chi connectivity index (χ1n) is 1.66. The van der Waals surface area contributed by atoms with Crippen LogP contribution in [-0.2, 0) is 4.74 Å². The van der Waals surface area contributed by atoms with Crippen molar-refractivity contribution < 1.29 is 9.63 Å². The van der Waals surface area contributed by atoms with Gasteiger partial charge in [0.25, 0.3) is 0 Å². The van der Waals surface area contributed by atoms with Crippen molar-refractivity contribution in [3.8, 4) is 0 Å². The van der Waals surface area contributed by atoms with Gasteiger partial charge in [0, 0.05) is 15.3 Å². The summed E-state index contributed by atoms with van der Waals surface area (Å²) in [6.07, 6.45) is 0.495. The minimum absolute atomic E-state index is 0.495. The maximum atomic E-state index is 8.49. The number of methoxy groups -OCH3 is 1. The maximum Gasteiger partial charge on any atom is 0.0898 e. The standard InChI is InChI=1S/C3H9O2P/c1-5-3-6(2)4/h4H,3H2,1-2H3. The summed E-state index contributed by atoms with van der Waals surface area (Å²) < 4.78 is 4.58. The summed E-state index contributed by atoms with van der Waals surface area (Å²) in [5.41, 5.74) is 0. The zero-order valence-corrected chi connectivity index (χ0v) is 4.90. The van der Waals surface area contributed by atoms with Gasteiger partial charge in [-0.05, 0) is 6.66 Å². The lowest BCUT2D eigenvalue weighted by molar-refractivity contribution is 0.248. The van der Waals surface area contributed by atoms with Gasteiger partial charge in [-0.25, -0.2) is 0 Å². The fourth-order valence-corrected chi connectivity index (χ4v) is 0.561. The third-order valence-electron chi connectivity index (χ3n) is 0.316. The number of ether oxygens (including phenoxy) is 1. The van der Waals surface area contributed by atoms with Crippen molar-refractivity contribution in [2.75, 3.05) is 20.1 Å².